The number of nitrogens with one attached hydrogen (secondary N) is 1. The van der Waals surface area contributed by atoms with Crippen molar-refractivity contribution in [3.05, 3.63) is 60.2 Å². The van der Waals surface area contributed by atoms with E-state index in [1.165, 1.54) is 0 Å². The molecule has 4 nitrogen and oxygen atoms in total. The maximum atomic E-state index is 12.3. The molecule has 0 bridgehead atoms. The monoisotopic (exact) mass is 340 g/mol. The molecule has 0 aliphatic carbocycles. The summed E-state index contributed by atoms with van der Waals surface area (Å²) in [6.45, 7) is 9.04. The Labute approximate surface area is 150 Å². The SMILES string of the molecule is CCN(CC)CCOCCNC(=O)c1cccc(-c2ccccc2)c1. The maximum Gasteiger partial charge on any atom is 0.251 e. The molecule has 0 radical (unpaired) electrons. The van der Waals surface area contributed by atoms with Crippen molar-refractivity contribution >= 4 is 5.91 Å². The van der Waals surface area contributed by atoms with Gasteiger partial charge in [0.15, 0.2) is 0 Å². The lowest BCUT2D eigenvalue weighted by molar-refractivity contribution is 0.0884. The predicted molar refractivity (Wildman–Crippen MR) is 103 cm³/mol. The highest BCUT2D eigenvalue weighted by atomic mass is 16.5. The van der Waals surface area contributed by atoms with E-state index in [9.17, 15) is 4.79 Å². The molecule has 0 unspecified atom stereocenters. The van der Waals surface area contributed by atoms with Gasteiger partial charge >= 0.3 is 0 Å². The zero-order chi connectivity index (χ0) is 17.9. The van der Waals surface area contributed by atoms with Gasteiger partial charge in [0.05, 0.1) is 13.2 Å². The van der Waals surface area contributed by atoms with Crippen molar-refractivity contribution in [1.29, 1.82) is 0 Å². The highest BCUT2D eigenvalue weighted by Crippen LogP contribution is 2.19. The molecule has 134 valence electrons. The quantitative estimate of drug-likeness (QED) is 0.674. The van der Waals surface area contributed by atoms with E-state index in [0.29, 0.717) is 25.3 Å². The second-order valence-electron chi connectivity index (χ2n) is 5.84. The third-order valence-electron chi connectivity index (χ3n) is 4.21. The van der Waals surface area contributed by atoms with Gasteiger partial charge in [-0.15, -0.1) is 0 Å². The van der Waals surface area contributed by atoms with Gasteiger partial charge in [0.2, 0.25) is 0 Å². The van der Waals surface area contributed by atoms with E-state index < -0.39 is 0 Å². The Bertz CT molecular complexity index is 639. The maximum absolute atomic E-state index is 12.3. The zero-order valence-electron chi connectivity index (χ0n) is 15.2. The van der Waals surface area contributed by atoms with Crippen LogP contribution in [0.15, 0.2) is 54.6 Å². The van der Waals surface area contributed by atoms with Gasteiger partial charge in [-0.05, 0) is 36.3 Å². The van der Waals surface area contributed by atoms with Crippen molar-refractivity contribution < 1.29 is 9.53 Å². The number of hydrogen-bond donors (Lipinski definition) is 1. The van der Waals surface area contributed by atoms with Crippen molar-refractivity contribution in [2.24, 2.45) is 0 Å². The predicted octanol–water partition coefficient (Wildman–Crippen LogP) is 3.44. The number of nitrogens with zero attached hydrogens (tertiary/aromatic N) is 1. The van der Waals surface area contributed by atoms with E-state index in [1.54, 1.807) is 0 Å². The molecule has 0 aliphatic heterocycles. The van der Waals surface area contributed by atoms with E-state index >= 15 is 0 Å². The van der Waals surface area contributed by atoms with Crippen molar-refractivity contribution in [2.45, 2.75) is 13.8 Å². The molecule has 0 fully saturated rings. The van der Waals surface area contributed by atoms with Crippen molar-refractivity contribution in [1.82, 2.24) is 10.2 Å². The summed E-state index contributed by atoms with van der Waals surface area (Å²) in [6, 6.07) is 17.8. The third kappa shape index (κ3) is 6.33. The molecule has 0 atom stereocenters. The lowest BCUT2D eigenvalue weighted by Crippen LogP contribution is -2.30. The molecule has 0 aliphatic rings. The number of carbonyl (C=O) groups excluding carboxylic acids is 1. The van der Waals surface area contributed by atoms with E-state index in [0.717, 1.165) is 30.8 Å². The number of carbonyl (C=O) groups is 1. The van der Waals surface area contributed by atoms with Gasteiger partial charge in [-0.3, -0.25) is 4.79 Å². The minimum absolute atomic E-state index is 0.0647. The van der Waals surface area contributed by atoms with Crippen LogP contribution in [-0.4, -0.2) is 50.2 Å². The van der Waals surface area contributed by atoms with Crippen LogP contribution in [0.25, 0.3) is 11.1 Å². The first-order chi connectivity index (χ1) is 12.2. The van der Waals surface area contributed by atoms with Gasteiger partial charge in [-0.2, -0.15) is 0 Å². The molecule has 1 amide bonds. The number of benzene rings is 2. The van der Waals surface area contributed by atoms with Crippen LogP contribution >= 0.6 is 0 Å². The first-order valence-corrected chi connectivity index (χ1v) is 8.98. The van der Waals surface area contributed by atoms with Crippen LogP contribution in [0.4, 0.5) is 0 Å². The molecule has 0 heterocycles. The average Bonchev–Trinajstić information content (AvgIpc) is 2.68. The topological polar surface area (TPSA) is 41.6 Å². The van der Waals surface area contributed by atoms with Crippen LogP contribution in [0.5, 0.6) is 0 Å². The van der Waals surface area contributed by atoms with Crippen LogP contribution < -0.4 is 5.32 Å². The Hall–Kier alpha value is -2.17. The highest BCUT2D eigenvalue weighted by Gasteiger charge is 2.06. The lowest BCUT2D eigenvalue weighted by atomic mass is 10.0. The van der Waals surface area contributed by atoms with E-state index in [-0.39, 0.29) is 5.91 Å². The fourth-order valence-electron chi connectivity index (χ4n) is 2.64. The lowest BCUT2D eigenvalue weighted by Gasteiger charge is -2.17. The van der Waals surface area contributed by atoms with Gasteiger partial charge < -0.3 is 15.0 Å². The molecule has 0 spiro atoms. The average molecular weight is 340 g/mol. The number of rotatable bonds is 10. The molecular weight excluding hydrogens is 312 g/mol. The highest BCUT2D eigenvalue weighted by molar-refractivity contribution is 5.95. The molecular formula is C21H28N2O2. The second kappa shape index (κ2) is 10.6. The first kappa shape index (κ1) is 19.2. The third-order valence-corrected chi connectivity index (χ3v) is 4.21. The summed E-state index contributed by atoms with van der Waals surface area (Å²) in [5.74, 6) is -0.0647. The van der Waals surface area contributed by atoms with Crippen LogP contribution in [0.2, 0.25) is 0 Å². The summed E-state index contributed by atoms with van der Waals surface area (Å²) in [5.41, 5.74) is 2.82. The van der Waals surface area contributed by atoms with Crippen LogP contribution in [0.3, 0.4) is 0 Å². The van der Waals surface area contributed by atoms with Crippen molar-refractivity contribution in [3.8, 4) is 11.1 Å². The standard InChI is InChI=1S/C21H28N2O2/c1-3-23(4-2)14-16-25-15-13-22-21(24)20-12-8-11-19(17-20)18-9-6-5-7-10-18/h5-12,17H,3-4,13-16H2,1-2H3,(H,22,24). The number of ether oxygens (including phenoxy) is 1. The van der Waals surface area contributed by atoms with Gasteiger partial charge in [0, 0.05) is 18.7 Å². The summed E-state index contributed by atoms with van der Waals surface area (Å²) >= 11 is 0. The van der Waals surface area contributed by atoms with Crippen LogP contribution in [0.1, 0.15) is 24.2 Å². The molecule has 0 saturated carbocycles. The molecule has 2 rings (SSSR count). The fourth-order valence-corrected chi connectivity index (χ4v) is 2.64. The van der Waals surface area contributed by atoms with Gasteiger partial charge in [-0.1, -0.05) is 56.3 Å². The summed E-state index contributed by atoms with van der Waals surface area (Å²) in [7, 11) is 0. The Morgan fingerprint density at radius 2 is 1.68 bits per heavy atom. The van der Waals surface area contributed by atoms with Gasteiger partial charge in [0.25, 0.3) is 5.91 Å². The Balaban J connectivity index is 1.76. The Kier molecular flexibility index (Phi) is 8.16. The summed E-state index contributed by atoms with van der Waals surface area (Å²) in [5, 5.41) is 2.92. The first-order valence-electron chi connectivity index (χ1n) is 8.98. The van der Waals surface area contributed by atoms with Gasteiger partial charge in [-0.25, -0.2) is 0 Å². The molecule has 4 heteroatoms. The number of likely N-dealkylation sites (N-methyl/N-ethyl adjacent to an activating group) is 1. The van der Waals surface area contributed by atoms with Crippen molar-refractivity contribution in [2.75, 3.05) is 39.4 Å². The molecule has 2 aromatic carbocycles. The largest absolute Gasteiger partial charge is 0.378 e. The molecule has 25 heavy (non-hydrogen) atoms. The summed E-state index contributed by atoms with van der Waals surface area (Å²) in [4.78, 5) is 14.6. The van der Waals surface area contributed by atoms with Crippen molar-refractivity contribution in [3.63, 3.8) is 0 Å². The minimum atomic E-state index is -0.0647. The summed E-state index contributed by atoms with van der Waals surface area (Å²) in [6.07, 6.45) is 0. The van der Waals surface area contributed by atoms with E-state index in [2.05, 4.69) is 24.1 Å². The zero-order valence-corrected chi connectivity index (χ0v) is 15.2. The van der Waals surface area contributed by atoms with Gasteiger partial charge in [0.1, 0.15) is 0 Å². The Morgan fingerprint density at radius 3 is 2.40 bits per heavy atom. The van der Waals surface area contributed by atoms with E-state index in [4.69, 9.17) is 4.74 Å². The number of hydrogen-bond acceptors (Lipinski definition) is 3. The second-order valence-corrected chi connectivity index (χ2v) is 5.84. The van der Waals surface area contributed by atoms with Crippen LogP contribution in [0, 0.1) is 0 Å². The molecule has 0 aromatic heterocycles. The van der Waals surface area contributed by atoms with Crippen LogP contribution in [-0.2, 0) is 4.74 Å². The number of amides is 1. The summed E-state index contributed by atoms with van der Waals surface area (Å²) < 4.78 is 5.59. The molecule has 1 N–H and O–H groups in total. The molecule has 0 saturated heterocycles. The van der Waals surface area contributed by atoms with E-state index in [1.807, 2.05) is 54.6 Å². The normalized spacial score (nSPS) is 10.8. The minimum Gasteiger partial charge on any atom is -0.378 e. The fraction of sp³-hybridized carbons (Fsp3) is 0.381. The molecule has 2 aromatic rings. The Morgan fingerprint density at radius 1 is 0.960 bits per heavy atom. The smallest absolute Gasteiger partial charge is 0.251 e.